The Morgan fingerprint density at radius 1 is 1.57 bits per heavy atom. The van der Waals surface area contributed by atoms with Crippen molar-refractivity contribution in [1.29, 1.82) is 0 Å². The number of aliphatic hydroxyl groups excluding tert-OH is 1. The number of hydrogen-bond acceptors (Lipinski definition) is 3. The largest absolute Gasteiger partial charge is 0.458 e. The molecule has 0 aliphatic rings. The average Bonchev–Trinajstić information content (AvgIpc) is 2.01. The van der Waals surface area contributed by atoms with Crippen LogP contribution in [-0.4, -0.2) is 22.8 Å². The molecule has 0 amide bonds. The first kappa shape index (κ1) is 13.2. The van der Waals surface area contributed by atoms with Crippen molar-refractivity contribution >= 4 is 5.97 Å². The van der Waals surface area contributed by atoms with Crippen molar-refractivity contribution in [1.82, 2.24) is 0 Å². The number of carbonyl (C=O) groups is 1. The Morgan fingerprint density at radius 3 is 2.57 bits per heavy atom. The Kier molecular flexibility index (Phi) is 5.46. The van der Waals surface area contributed by atoms with Gasteiger partial charge in [0, 0.05) is 0 Å². The lowest BCUT2D eigenvalue weighted by Crippen LogP contribution is -2.31. The van der Waals surface area contributed by atoms with Gasteiger partial charge in [-0.05, 0) is 40.0 Å². The van der Waals surface area contributed by atoms with E-state index in [0.717, 1.165) is 12.8 Å². The third-order valence-corrected chi connectivity index (χ3v) is 1.56. The van der Waals surface area contributed by atoms with Gasteiger partial charge in [0.1, 0.15) is 5.60 Å². The summed E-state index contributed by atoms with van der Waals surface area (Å²) in [5, 5.41) is 9.40. The van der Waals surface area contributed by atoms with E-state index in [4.69, 9.17) is 4.74 Å². The summed E-state index contributed by atoms with van der Waals surface area (Å²) in [6.45, 7) is 8.90. The van der Waals surface area contributed by atoms with Gasteiger partial charge in [-0.15, -0.1) is 6.58 Å². The number of rotatable bonds is 5. The normalized spacial score (nSPS) is 13.4. The molecule has 0 radical (unpaired) electrons. The molecule has 0 heterocycles. The van der Waals surface area contributed by atoms with Crippen LogP contribution in [0.5, 0.6) is 0 Å². The van der Waals surface area contributed by atoms with Gasteiger partial charge in [0.15, 0.2) is 6.10 Å². The fourth-order valence-electron chi connectivity index (χ4n) is 0.943. The molecule has 0 rings (SSSR count). The molecule has 1 N–H and O–H groups in total. The van der Waals surface area contributed by atoms with Crippen molar-refractivity contribution in [3.05, 3.63) is 12.7 Å². The Morgan fingerprint density at radius 2 is 2.14 bits per heavy atom. The lowest BCUT2D eigenvalue weighted by atomic mass is 10.1. The highest BCUT2D eigenvalue weighted by atomic mass is 16.6. The summed E-state index contributed by atoms with van der Waals surface area (Å²) in [6.07, 6.45) is 2.75. The predicted molar refractivity (Wildman–Crippen MR) is 55.9 cm³/mol. The highest BCUT2D eigenvalue weighted by Crippen LogP contribution is 2.11. The molecule has 1 unspecified atom stereocenters. The monoisotopic (exact) mass is 200 g/mol. The SMILES string of the molecule is C=CCCCC(O)C(=O)OC(C)(C)C. The van der Waals surface area contributed by atoms with Gasteiger partial charge in [0.2, 0.25) is 0 Å². The summed E-state index contributed by atoms with van der Waals surface area (Å²) in [5.74, 6) is -0.540. The van der Waals surface area contributed by atoms with Crippen LogP contribution < -0.4 is 0 Å². The summed E-state index contributed by atoms with van der Waals surface area (Å²) >= 11 is 0. The zero-order valence-corrected chi connectivity index (χ0v) is 9.25. The number of aliphatic hydroxyl groups is 1. The first-order chi connectivity index (χ1) is 6.37. The lowest BCUT2D eigenvalue weighted by molar-refractivity contribution is -0.165. The number of allylic oxidation sites excluding steroid dienone is 1. The fourth-order valence-corrected chi connectivity index (χ4v) is 0.943. The third-order valence-electron chi connectivity index (χ3n) is 1.56. The van der Waals surface area contributed by atoms with E-state index in [1.165, 1.54) is 0 Å². The molecule has 0 aromatic rings. The second kappa shape index (κ2) is 5.81. The molecule has 3 nitrogen and oxygen atoms in total. The van der Waals surface area contributed by atoms with E-state index < -0.39 is 17.7 Å². The van der Waals surface area contributed by atoms with E-state index in [1.807, 2.05) is 0 Å². The summed E-state index contributed by atoms with van der Waals surface area (Å²) < 4.78 is 5.02. The van der Waals surface area contributed by atoms with Gasteiger partial charge in [0.05, 0.1) is 0 Å². The fraction of sp³-hybridized carbons (Fsp3) is 0.727. The van der Waals surface area contributed by atoms with E-state index in [1.54, 1.807) is 26.8 Å². The van der Waals surface area contributed by atoms with Gasteiger partial charge in [0.25, 0.3) is 0 Å². The minimum atomic E-state index is -1.01. The first-order valence-corrected chi connectivity index (χ1v) is 4.88. The van der Waals surface area contributed by atoms with Crippen molar-refractivity contribution in [2.24, 2.45) is 0 Å². The van der Waals surface area contributed by atoms with Crippen LogP contribution >= 0.6 is 0 Å². The minimum absolute atomic E-state index is 0.431. The number of hydrogen-bond donors (Lipinski definition) is 1. The molecule has 14 heavy (non-hydrogen) atoms. The zero-order valence-electron chi connectivity index (χ0n) is 9.25. The maximum atomic E-state index is 11.3. The summed E-state index contributed by atoms with van der Waals surface area (Å²) in [6, 6.07) is 0. The van der Waals surface area contributed by atoms with Gasteiger partial charge in [-0.25, -0.2) is 4.79 Å². The van der Waals surface area contributed by atoms with E-state index in [2.05, 4.69) is 6.58 Å². The van der Waals surface area contributed by atoms with Crippen molar-refractivity contribution in [3.8, 4) is 0 Å². The lowest BCUT2D eigenvalue weighted by Gasteiger charge is -2.21. The minimum Gasteiger partial charge on any atom is -0.458 e. The quantitative estimate of drug-likeness (QED) is 0.419. The van der Waals surface area contributed by atoms with E-state index in [9.17, 15) is 9.90 Å². The summed E-state index contributed by atoms with van der Waals surface area (Å²) in [7, 11) is 0. The van der Waals surface area contributed by atoms with E-state index in [0.29, 0.717) is 6.42 Å². The molecule has 0 spiro atoms. The van der Waals surface area contributed by atoms with Crippen LogP contribution in [-0.2, 0) is 9.53 Å². The molecule has 0 bridgehead atoms. The second-order valence-electron chi connectivity index (χ2n) is 4.27. The maximum Gasteiger partial charge on any atom is 0.335 e. The topological polar surface area (TPSA) is 46.5 Å². The summed E-state index contributed by atoms with van der Waals surface area (Å²) in [5.41, 5.74) is -0.531. The number of ether oxygens (including phenoxy) is 1. The van der Waals surface area contributed by atoms with E-state index >= 15 is 0 Å². The van der Waals surface area contributed by atoms with Crippen LogP contribution in [0.25, 0.3) is 0 Å². The Bertz CT molecular complexity index is 191. The highest BCUT2D eigenvalue weighted by molar-refractivity contribution is 5.74. The van der Waals surface area contributed by atoms with Gasteiger partial charge in [-0.2, -0.15) is 0 Å². The molecule has 0 aromatic carbocycles. The Hall–Kier alpha value is -0.830. The van der Waals surface area contributed by atoms with E-state index in [-0.39, 0.29) is 0 Å². The van der Waals surface area contributed by atoms with Crippen LogP contribution in [0.2, 0.25) is 0 Å². The predicted octanol–water partition coefficient (Wildman–Crippen LogP) is 2.05. The third kappa shape index (κ3) is 6.66. The second-order valence-corrected chi connectivity index (χ2v) is 4.27. The van der Waals surface area contributed by atoms with Crippen LogP contribution in [0.4, 0.5) is 0 Å². The molecule has 0 aromatic heterocycles. The van der Waals surface area contributed by atoms with Crippen molar-refractivity contribution < 1.29 is 14.6 Å². The molecule has 0 aliphatic carbocycles. The van der Waals surface area contributed by atoms with Crippen molar-refractivity contribution in [3.63, 3.8) is 0 Å². The zero-order chi connectivity index (χ0) is 11.2. The molecule has 3 heteroatoms. The molecule has 82 valence electrons. The molecule has 0 saturated heterocycles. The van der Waals surface area contributed by atoms with Gasteiger partial charge >= 0.3 is 5.97 Å². The maximum absolute atomic E-state index is 11.3. The molecular weight excluding hydrogens is 180 g/mol. The van der Waals surface area contributed by atoms with Gasteiger partial charge in [-0.3, -0.25) is 0 Å². The highest BCUT2D eigenvalue weighted by Gasteiger charge is 2.22. The molecular formula is C11H20O3. The Labute approximate surface area is 85.8 Å². The van der Waals surface area contributed by atoms with Gasteiger partial charge in [-0.1, -0.05) is 6.08 Å². The van der Waals surface area contributed by atoms with Crippen LogP contribution in [0.15, 0.2) is 12.7 Å². The standard InChI is InChI=1S/C11H20O3/c1-5-6-7-8-9(12)10(13)14-11(2,3)4/h5,9,12H,1,6-8H2,2-4H3. The first-order valence-electron chi connectivity index (χ1n) is 4.88. The molecule has 1 atom stereocenters. The number of esters is 1. The molecule has 0 aliphatic heterocycles. The van der Waals surface area contributed by atoms with Gasteiger partial charge < -0.3 is 9.84 Å². The van der Waals surface area contributed by atoms with Crippen LogP contribution in [0.1, 0.15) is 40.0 Å². The number of carbonyl (C=O) groups excluding carboxylic acids is 1. The van der Waals surface area contributed by atoms with Crippen molar-refractivity contribution in [2.75, 3.05) is 0 Å². The van der Waals surface area contributed by atoms with Crippen LogP contribution in [0.3, 0.4) is 0 Å². The molecule has 0 saturated carbocycles. The average molecular weight is 200 g/mol. The van der Waals surface area contributed by atoms with Crippen LogP contribution in [0, 0.1) is 0 Å². The Balaban J connectivity index is 3.82. The number of unbranched alkanes of at least 4 members (excludes halogenated alkanes) is 1. The smallest absolute Gasteiger partial charge is 0.335 e. The van der Waals surface area contributed by atoms with Crippen molar-refractivity contribution in [2.45, 2.75) is 51.7 Å². The summed E-state index contributed by atoms with van der Waals surface area (Å²) in [4.78, 5) is 11.3. The molecule has 0 fully saturated rings.